The number of carbonyl (C=O) groups excluding carboxylic acids is 1. The van der Waals surface area contributed by atoms with Crippen LogP contribution in [0.2, 0.25) is 0 Å². The van der Waals surface area contributed by atoms with E-state index in [-0.39, 0.29) is 11.7 Å². The Balaban J connectivity index is 1.66. The molecule has 0 atom stereocenters. The first-order valence-electron chi connectivity index (χ1n) is 7.07. The van der Waals surface area contributed by atoms with E-state index >= 15 is 0 Å². The van der Waals surface area contributed by atoms with Gasteiger partial charge >= 0.3 is 0 Å². The lowest BCUT2D eigenvalue weighted by Gasteiger charge is -2.01. The SMILES string of the molecule is O=C(N/N=C/c1ccc(-c2ccc(F)cc2)o1)c1ccccc1Br. The molecule has 1 aromatic heterocycles. The quantitative estimate of drug-likeness (QED) is 0.525. The summed E-state index contributed by atoms with van der Waals surface area (Å²) in [6.45, 7) is 0. The Kier molecular flexibility index (Phi) is 4.86. The van der Waals surface area contributed by atoms with Crippen molar-refractivity contribution < 1.29 is 13.6 Å². The highest BCUT2D eigenvalue weighted by Crippen LogP contribution is 2.21. The average molecular weight is 387 g/mol. The van der Waals surface area contributed by atoms with Crippen molar-refractivity contribution >= 4 is 28.1 Å². The minimum Gasteiger partial charge on any atom is -0.455 e. The van der Waals surface area contributed by atoms with Crippen LogP contribution in [-0.2, 0) is 0 Å². The number of furan rings is 1. The highest BCUT2D eigenvalue weighted by Gasteiger charge is 2.08. The number of rotatable bonds is 4. The molecule has 0 bridgehead atoms. The molecule has 1 amide bonds. The molecule has 24 heavy (non-hydrogen) atoms. The smallest absolute Gasteiger partial charge is 0.272 e. The molecule has 0 saturated carbocycles. The van der Waals surface area contributed by atoms with Crippen LogP contribution in [0, 0.1) is 5.82 Å². The Labute approximate surface area is 146 Å². The van der Waals surface area contributed by atoms with Crippen LogP contribution < -0.4 is 5.43 Å². The summed E-state index contributed by atoms with van der Waals surface area (Å²) in [5.41, 5.74) is 3.68. The Morgan fingerprint density at radius 1 is 1.08 bits per heavy atom. The first kappa shape index (κ1) is 16.1. The van der Waals surface area contributed by atoms with E-state index < -0.39 is 0 Å². The summed E-state index contributed by atoms with van der Waals surface area (Å²) < 4.78 is 19.2. The number of halogens is 2. The molecule has 6 heteroatoms. The molecule has 120 valence electrons. The monoisotopic (exact) mass is 386 g/mol. The lowest BCUT2D eigenvalue weighted by molar-refractivity contribution is 0.0954. The van der Waals surface area contributed by atoms with Crippen molar-refractivity contribution in [2.75, 3.05) is 0 Å². The Hall–Kier alpha value is -2.73. The van der Waals surface area contributed by atoms with E-state index in [4.69, 9.17) is 4.42 Å². The van der Waals surface area contributed by atoms with Crippen molar-refractivity contribution in [2.24, 2.45) is 5.10 Å². The van der Waals surface area contributed by atoms with Crippen LogP contribution in [0.4, 0.5) is 4.39 Å². The number of amides is 1. The normalized spacial score (nSPS) is 10.9. The van der Waals surface area contributed by atoms with Gasteiger partial charge in [0, 0.05) is 10.0 Å². The maximum absolute atomic E-state index is 12.9. The van der Waals surface area contributed by atoms with Gasteiger partial charge in [-0.3, -0.25) is 4.79 Å². The minimum absolute atomic E-state index is 0.304. The highest BCUT2D eigenvalue weighted by molar-refractivity contribution is 9.10. The lowest BCUT2D eigenvalue weighted by atomic mass is 10.2. The number of hydrogen-bond acceptors (Lipinski definition) is 3. The first-order valence-corrected chi connectivity index (χ1v) is 7.86. The fourth-order valence-electron chi connectivity index (χ4n) is 2.05. The molecule has 0 aliphatic heterocycles. The summed E-state index contributed by atoms with van der Waals surface area (Å²) in [4.78, 5) is 12.0. The molecule has 0 spiro atoms. The molecular weight excluding hydrogens is 375 g/mol. The van der Waals surface area contributed by atoms with E-state index in [0.717, 1.165) is 5.56 Å². The van der Waals surface area contributed by atoms with Gasteiger partial charge in [0.25, 0.3) is 5.91 Å². The van der Waals surface area contributed by atoms with Gasteiger partial charge in [0.1, 0.15) is 17.3 Å². The third-order valence-electron chi connectivity index (χ3n) is 3.23. The molecule has 0 unspecified atom stereocenters. The molecule has 0 radical (unpaired) electrons. The number of benzene rings is 2. The summed E-state index contributed by atoms with van der Waals surface area (Å²) in [5, 5.41) is 3.88. The number of nitrogens with zero attached hydrogens (tertiary/aromatic N) is 1. The van der Waals surface area contributed by atoms with Crippen molar-refractivity contribution in [3.05, 3.63) is 82.3 Å². The van der Waals surface area contributed by atoms with E-state index in [1.807, 2.05) is 6.07 Å². The Morgan fingerprint density at radius 2 is 1.83 bits per heavy atom. The van der Waals surface area contributed by atoms with Gasteiger partial charge < -0.3 is 4.42 Å². The van der Waals surface area contributed by atoms with E-state index in [1.54, 1.807) is 42.5 Å². The predicted molar refractivity (Wildman–Crippen MR) is 93.3 cm³/mol. The summed E-state index contributed by atoms with van der Waals surface area (Å²) in [6, 6.07) is 16.5. The Bertz CT molecular complexity index is 888. The van der Waals surface area contributed by atoms with Crippen molar-refractivity contribution in [1.82, 2.24) is 5.43 Å². The van der Waals surface area contributed by atoms with E-state index in [2.05, 4.69) is 26.5 Å². The summed E-state index contributed by atoms with van der Waals surface area (Å²) in [5.74, 6) is 0.432. The van der Waals surface area contributed by atoms with Crippen LogP contribution in [0.1, 0.15) is 16.1 Å². The summed E-state index contributed by atoms with van der Waals surface area (Å²) in [6.07, 6.45) is 1.40. The van der Waals surface area contributed by atoms with Crippen LogP contribution in [-0.4, -0.2) is 12.1 Å². The fraction of sp³-hybridized carbons (Fsp3) is 0. The molecule has 1 heterocycles. The zero-order valence-electron chi connectivity index (χ0n) is 12.4. The maximum atomic E-state index is 12.9. The molecule has 0 fully saturated rings. The van der Waals surface area contributed by atoms with Gasteiger partial charge in [0.05, 0.1) is 11.8 Å². The molecule has 0 aliphatic carbocycles. The second-order valence-corrected chi connectivity index (χ2v) is 5.74. The van der Waals surface area contributed by atoms with E-state index in [0.29, 0.717) is 21.6 Å². The third-order valence-corrected chi connectivity index (χ3v) is 3.92. The first-order chi connectivity index (χ1) is 11.6. The number of hydrogen-bond donors (Lipinski definition) is 1. The lowest BCUT2D eigenvalue weighted by Crippen LogP contribution is -2.17. The number of carbonyl (C=O) groups is 1. The molecule has 0 saturated heterocycles. The topological polar surface area (TPSA) is 54.6 Å². The second-order valence-electron chi connectivity index (χ2n) is 4.89. The van der Waals surface area contributed by atoms with Crippen LogP contribution >= 0.6 is 15.9 Å². The van der Waals surface area contributed by atoms with Crippen LogP contribution in [0.25, 0.3) is 11.3 Å². The van der Waals surface area contributed by atoms with Crippen LogP contribution in [0.5, 0.6) is 0 Å². The zero-order valence-corrected chi connectivity index (χ0v) is 14.0. The molecule has 3 aromatic rings. The molecule has 3 rings (SSSR count). The average Bonchev–Trinajstić information content (AvgIpc) is 3.04. The van der Waals surface area contributed by atoms with Crippen molar-refractivity contribution in [3.63, 3.8) is 0 Å². The van der Waals surface area contributed by atoms with Crippen LogP contribution in [0.3, 0.4) is 0 Å². The molecule has 0 aliphatic rings. The Morgan fingerprint density at radius 3 is 2.58 bits per heavy atom. The van der Waals surface area contributed by atoms with Crippen molar-refractivity contribution in [2.45, 2.75) is 0 Å². The fourth-order valence-corrected chi connectivity index (χ4v) is 2.52. The maximum Gasteiger partial charge on any atom is 0.272 e. The third kappa shape index (κ3) is 3.78. The predicted octanol–water partition coefficient (Wildman–Crippen LogP) is 4.61. The molecule has 4 nitrogen and oxygen atoms in total. The summed E-state index contributed by atoms with van der Waals surface area (Å²) in [7, 11) is 0. The number of nitrogens with one attached hydrogen (secondary N) is 1. The minimum atomic E-state index is -0.330. The summed E-state index contributed by atoms with van der Waals surface area (Å²) >= 11 is 3.31. The highest BCUT2D eigenvalue weighted by atomic mass is 79.9. The number of hydrazone groups is 1. The molecule has 1 N–H and O–H groups in total. The zero-order chi connectivity index (χ0) is 16.9. The molecular formula is C18H12BrFN2O2. The van der Waals surface area contributed by atoms with Gasteiger partial charge in [0.15, 0.2) is 0 Å². The second kappa shape index (κ2) is 7.23. The van der Waals surface area contributed by atoms with Gasteiger partial charge in [-0.05, 0) is 64.5 Å². The van der Waals surface area contributed by atoms with E-state index in [9.17, 15) is 9.18 Å². The standard InChI is InChI=1S/C18H12BrFN2O2/c19-16-4-2-1-3-15(16)18(23)22-21-11-14-9-10-17(24-14)12-5-7-13(20)8-6-12/h1-11H,(H,22,23)/b21-11+. The largest absolute Gasteiger partial charge is 0.455 e. The van der Waals surface area contributed by atoms with E-state index in [1.165, 1.54) is 18.3 Å². The van der Waals surface area contributed by atoms with Gasteiger partial charge in [-0.25, -0.2) is 9.82 Å². The van der Waals surface area contributed by atoms with Gasteiger partial charge in [0.2, 0.25) is 0 Å². The van der Waals surface area contributed by atoms with Crippen molar-refractivity contribution in [1.29, 1.82) is 0 Å². The van der Waals surface area contributed by atoms with Gasteiger partial charge in [-0.2, -0.15) is 5.10 Å². The molecule has 2 aromatic carbocycles. The van der Waals surface area contributed by atoms with Gasteiger partial charge in [-0.1, -0.05) is 12.1 Å². The van der Waals surface area contributed by atoms with Gasteiger partial charge in [-0.15, -0.1) is 0 Å². The van der Waals surface area contributed by atoms with Crippen molar-refractivity contribution in [3.8, 4) is 11.3 Å². The van der Waals surface area contributed by atoms with Crippen LogP contribution in [0.15, 0.2) is 74.7 Å².